The molecule has 1 aliphatic rings. The third kappa shape index (κ3) is 2.25. The highest BCUT2D eigenvalue weighted by atomic mass is 32.1. The Labute approximate surface area is 95.4 Å². The predicted octanol–water partition coefficient (Wildman–Crippen LogP) is 2.43. The first-order chi connectivity index (χ1) is 7.10. The minimum absolute atomic E-state index is 0.162. The van der Waals surface area contributed by atoms with Gasteiger partial charge in [0.2, 0.25) is 0 Å². The molecule has 1 fully saturated rings. The quantitative estimate of drug-likeness (QED) is 0.854. The van der Waals surface area contributed by atoms with Gasteiger partial charge in [-0.05, 0) is 17.9 Å². The molecule has 0 saturated heterocycles. The lowest BCUT2D eigenvalue weighted by atomic mass is 9.65. The van der Waals surface area contributed by atoms with Crippen LogP contribution in [0.3, 0.4) is 0 Å². The van der Waals surface area contributed by atoms with Gasteiger partial charge in [-0.2, -0.15) is 0 Å². The first-order valence-electron chi connectivity index (χ1n) is 5.50. The number of hydrogen-bond donors (Lipinski definition) is 1. The van der Waals surface area contributed by atoms with Crippen LogP contribution < -0.4 is 5.73 Å². The summed E-state index contributed by atoms with van der Waals surface area (Å²) in [6.07, 6.45) is 2.39. The number of nitrogens with two attached hydrogens (primary N) is 1. The van der Waals surface area contributed by atoms with Crippen LogP contribution in [0.15, 0.2) is 17.5 Å². The molecular formula is C12H19NOS. The van der Waals surface area contributed by atoms with Gasteiger partial charge in [0, 0.05) is 22.8 Å². The van der Waals surface area contributed by atoms with Gasteiger partial charge in [-0.25, -0.2) is 0 Å². The molecule has 3 heteroatoms. The van der Waals surface area contributed by atoms with Crippen molar-refractivity contribution in [2.45, 2.75) is 38.8 Å². The highest BCUT2D eigenvalue weighted by Crippen LogP contribution is 2.41. The molecule has 1 heterocycles. The summed E-state index contributed by atoms with van der Waals surface area (Å²) in [5.41, 5.74) is 6.10. The fourth-order valence-electron chi connectivity index (χ4n) is 1.96. The topological polar surface area (TPSA) is 35.2 Å². The standard InChI is InChI=1S/C12H19NOS/c1-12(2)10(13)8-11(12)14-6-5-9-4-3-7-15-9/h3-4,7,10-11H,5-6,8,13H2,1-2H3. The maximum absolute atomic E-state index is 5.94. The van der Waals surface area contributed by atoms with E-state index in [9.17, 15) is 0 Å². The third-order valence-electron chi connectivity index (χ3n) is 3.50. The van der Waals surface area contributed by atoms with Crippen LogP contribution in [0.5, 0.6) is 0 Å². The van der Waals surface area contributed by atoms with E-state index in [4.69, 9.17) is 10.5 Å². The molecule has 0 bridgehead atoms. The fraction of sp³-hybridized carbons (Fsp3) is 0.667. The van der Waals surface area contributed by atoms with E-state index in [1.54, 1.807) is 11.3 Å². The van der Waals surface area contributed by atoms with Gasteiger partial charge in [-0.3, -0.25) is 0 Å². The zero-order valence-electron chi connectivity index (χ0n) is 9.40. The van der Waals surface area contributed by atoms with Crippen LogP contribution in [-0.4, -0.2) is 18.8 Å². The molecule has 2 unspecified atom stereocenters. The van der Waals surface area contributed by atoms with E-state index < -0.39 is 0 Å². The van der Waals surface area contributed by atoms with Crippen LogP contribution in [0, 0.1) is 5.41 Å². The summed E-state index contributed by atoms with van der Waals surface area (Å²) in [5.74, 6) is 0. The minimum Gasteiger partial charge on any atom is -0.377 e. The van der Waals surface area contributed by atoms with Crippen molar-refractivity contribution >= 4 is 11.3 Å². The lowest BCUT2D eigenvalue weighted by molar-refractivity contribution is -0.106. The summed E-state index contributed by atoms with van der Waals surface area (Å²) < 4.78 is 5.86. The molecule has 2 nitrogen and oxygen atoms in total. The number of ether oxygens (including phenoxy) is 1. The van der Waals surface area contributed by atoms with Gasteiger partial charge < -0.3 is 10.5 Å². The van der Waals surface area contributed by atoms with Gasteiger partial charge in [-0.15, -0.1) is 11.3 Å². The molecule has 0 amide bonds. The van der Waals surface area contributed by atoms with Crippen molar-refractivity contribution in [3.05, 3.63) is 22.4 Å². The number of hydrogen-bond acceptors (Lipinski definition) is 3. The molecule has 1 aromatic rings. The normalized spacial score (nSPS) is 28.7. The molecule has 1 saturated carbocycles. The maximum atomic E-state index is 5.94. The van der Waals surface area contributed by atoms with E-state index in [0.717, 1.165) is 19.4 Å². The summed E-state index contributed by atoms with van der Waals surface area (Å²) in [5, 5.41) is 2.11. The Balaban J connectivity index is 1.71. The van der Waals surface area contributed by atoms with Gasteiger partial charge in [-0.1, -0.05) is 19.9 Å². The SMILES string of the molecule is CC1(C)C(N)CC1OCCc1cccs1. The van der Waals surface area contributed by atoms with Crippen LogP contribution in [0.25, 0.3) is 0 Å². The Morgan fingerprint density at radius 1 is 1.60 bits per heavy atom. The van der Waals surface area contributed by atoms with E-state index in [2.05, 4.69) is 31.4 Å². The molecule has 0 aliphatic heterocycles. The van der Waals surface area contributed by atoms with Crippen LogP contribution in [0.1, 0.15) is 25.1 Å². The third-order valence-corrected chi connectivity index (χ3v) is 4.44. The van der Waals surface area contributed by atoms with E-state index in [1.165, 1.54) is 4.88 Å². The van der Waals surface area contributed by atoms with Crippen molar-refractivity contribution in [2.75, 3.05) is 6.61 Å². The van der Waals surface area contributed by atoms with Crippen LogP contribution in [0.2, 0.25) is 0 Å². The lowest BCUT2D eigenvalue weighted by Gasteiger charge is -2.49. The van der Waals surface area contributed by atoms with Crippen molar-refractivity contribution in [1.82, 2.24) is 0 Å². The number of rotatable bonds is 4. The second-order valence-electron chi connectivity index (χ2n) is 4.85. The average molecular weight is 225 g/mol. The number of thiophene rings is 1. The molecular weight excluding hydrogens is 206 g/mol. The van der Waals surface area contributed by atoms with E-state index in [1.807, 2.05) is 0 Å². The summed E-state index contributed by atoms with van der Waals surface area (Å²) >= 11 is 1.80. The summed E-state index contributed by atoms with van der Waals surface area (Å²) in [6, 6.07) is 4.55. The maximum Gasteiger partial charge on any atom is 0.0655 e. The van der Waals surface area contributed by atoms with Gasteiger partial charge >= 0.3 is 0 Å². The molecule has 0 aromatic carbocycles. The van der Waals surface area contributed by atoms with Gasteiger partial charge in [0.25, 0.3) is 0 Å². The van der Waals surface area contributed by atoms with E-state index >= 15 is 0 Å². The van der Waals surface area contributed by atoms with Crippen molar-refractivity contribution in [3.8, 4) is 0 Å². The van der Waals surface area contributed by atoms with Crippen molar-refractivity contribution < 1.29 is 4.74 Å². The summed E-state index contributed by atoms with van der Waals surface area (Å²) in [7, 11) is 0. The molecule has 1 aromatic heterocycles. The van der Waals surface area contributed by atoms with E-state index in [-0.39, 0.29) is 5.41 Å². The first kappa shape index (κ1) is 11.1. The van der Waals surface area contributed by atoms with Crippen LogP contribution in [0.4, 0.5) is 0 Å². The highest BCUT2D eigenvalue weighted by Gasteiger charge is 2.46. The molecule has 2 rings (SSSR count). The molecule has 0 radical (unpaired) electrons. The Kier molecular flexibility index (Phi) is 3.14. The van der Waals surface area contributed by atoms with Gasteiger partial charge in [0.15, 0.2) is 0 Å². The Bertz CT molecular complexity index is 307. The monoisotopic (exact) mass is 225 g/mol. The zero-order valence-corrected chi connectivity index (χ0v) is 10.2. The Hall–Kier alpha value is -0.380. The van der Waals surface area contributed by atoms with Crippen LogP contribution in [-0.2, 0) is 11.2 Å². The minimum atomic E-state index is 0.162. The van der Waals surface area contributed by atoms with Crippen molar-refractivity contribution in [1.29, 1.82) is 0 Å². The van der Waals surface area contributed by atoms with E-state index in [0.29, 0.717) is 12.1 Å². The molecule has 84 valence electrons. The second kappa shape index (κ2) is 4.24. The Morgan fingerprint density at radius 2 is 2.40 bits per heavy atom. The van der Waals surface area contributed by atoms with Gasteiger partial charge in [0.05, 0.1) is 12.7 Å². The van der Waals surface area contributed by atoms with Gasteiger partial charge in [0.1, 0.15) is 0 Å². The fourth-order valence-corrected chi connectivity index (χ4v) is 2.65. The summed E-state index contributed by atoms with van der Waals surface area (Å²) in [6.45, 7) is 5.20. The molecule has 1 aliphatic carbocycles. The zero-order chi connectivity index (χ0) is 10.9. The molecule has 0 spiro atoms. The average Bonchev–Trinajstić information content (AvgIpc) is 2.69. The lowest BCUT2D eigenvalue weighted by Crippen LogP contribution is -2.59. The van der Waals surface area contributed by atoms with Crippen molar-refractivity contribution in [3.63, 3.8) is 0 Å². The highest BCUT2D eigenvalue weighted by molar-refractivity contribution is 7.09. The van der Waals surface area contributed by atoms with Crippen molar-refractivity contribution in [2.24, 2.45) is 11.1 Å². The smallest absolute Gasteiger partial charge is 0.0655 e. The predicted molar refractivity (Wildman–Crippen MR) is 64.1 cm³/mol. The molecule has 15 heavy (non-hydrogen) atoms. The largest absolute Gasteiger partial charge is 0.377 e. The molecule has 2 N–H and O–H groups in total. The molecule has 2 atom stereocenters. The van der Waals surface area contributed by atoms with Crippen LogP contribution >= 0.6 is 11.3 Å². The first-order valence-corrected chi connectivity index (χ1v) is 6.38. The Morgan fingerprint density at radius 3 is 2.93 bits per heavy atom. The summed E-state index contributed by atoms with van der Waals surface area (Å²) in [4.78, 5) is 1.40. The second-order valence-corrected chi connectivity index (χ2v) is 5.88.